The van der Waals surface area contributed by atoms with Gasteiger partial charge in [-0.15, -0.1) is 24.0 Å². The number of methoxy groups -OCH3 is 1. The molecule has 2 N–H and O–H groups in total. The minimum Gasteiger partial charge on any atom is -0.383 e. The van der Waals surface area contributed by atoms with Crippen LogP contribution in [-0.2, 0) is 4.74 Å². The first-order valence-corrected chi connectivity index (χ1v) is 6.91. The number of aliphatic imine (C=N–C) groups is 1. The van der Waals surface area contributed by atoms with Gasteiger partial charge in [-0.2, -0.15) is 0 Å². The fourth-order valence-corrected chi connectivity index (χ4v) is 2.48. The molecule has 0 aliphatic carbocycles. The Hall–Kier alpha value is -0.0800. The third kappa shape index (κ3) is 6.76. The van der Waals surface area contributed by atoms with Gasteiger partial charge in [-0.25, -0.2) is 0 Å². The third-order valence-corrected chi connectivity index (χ3v) is 3.43. The van der Waals surface area contributed by atoms with Gasteiger partial charge >= 0.3 is 0 Å². The van der Waals surface area contributed by atoms with E-state index in [4.69, 9.17) is 4.74 Å². The van der Waals surface area contributed by atoms with E-state index in [1.54, 1.807) is 14.2 Å². The number of hydrogen-bond donors (Lipinski definition) is 2. The van der Waals surface area contributed by atoms with Crippen molar-refractivity contribution in [2.45, 2.75) is 38.8 Å². The lowest BCUT2D eigenvalue weighted by atomic mass is 10.2. The first-order chi connectivity index (χ1) is 8.71. The van der Waals surface area contributed by atoms with Crippen molar-refractivity contribution in [1.82, 2.24) is 15.5 Å². The maximum atomic E-state index is 5.11. The number of nitrogens with zero attached hydrogens (tertiary/aromatic N) is 2. The Balaban J connectivity index is 0.00000324. The quantitative estimate of drug-likeness (QED) is 0.412. The molecule has 5 nitrogen and oxygen atoms in total. The van der Waals surface area contributed by atoms with Crippen molar-refractivity contribution in [3.8, 4) is 0 Å². The molecule has 0 saturated carbocycles. The van der Waals surface area contributed by atoms with Crippen LogP contribution in [0.25, 0.3) is 0 Å². The minimum absolute atomic E-state index is 0. The summed E-state index contributed by atoms with van der Waals surface area (Å²) in [4.78, 5) is 6.77. The second-order valence-electron chi connectivity index (χ2n) is 4.88. The summed E-state index contributed by atoms with van der Waals surface area (Å²) in [5.41, 5.74) is 0. The highest BCUT2D eigenvalue weighted by Gasteiger charge is 2.22. The SMILES string of the molecule is CCN1CCCC1CNC(=NC)NC(C)COC.I. The highest BCUT2D eigenvalue weighted by molar-refractivity contribution is 14.0. The number of hydrogen-bond acceptors (Lipinski definition) is 3. The van der Waals surface area contributed by atoms with Gasteiger partial charge in [0.15, 0.2) is 5.96 Å². The third-order valence-electron chi connectivity index (χ3n) is 3.43. The predicted molar refractivity (Wildman–Crippen MR) is 91.5 cm³/mol. The van der Waals surface area contributed by atoms with Crippen molar-refractivity contribution in [2.75, 3.05) is 40.4 Å². The summed E-state index contributed by atoms with van der Waals surface area (Å²) in [6.07, 6.45) is 2.59. The van der Waals surface area contributed by atoms with Crippen molar-refractivity contribution in [1.29, 1.82) is 0 Å². The highest BCUT2D eigenvalue weighted by atomic mass is 127. The Morgan fingerprint density at radius 3 is 2.84 bits per heavy atom. The summed E-state index contributed by atoms with van der Waals surface area (Å²) < 4.78 is 5.11. The van der Waals surface area contributed by atoms with Crippen LogP contribution in [0.2, 0.25) is 0 Å². The van der Waals surface area contributed by atoms with Crippen molar-refractivity contribution in [3.63, 3.8) is 0 Å². The molecule has 6 heteroatoms. The van der Waals surface area contributed by atoms with Crippen LogP contribution in [0.1, 0.15) is 26.7 Å². The number of likely N-dealkylation sites (tertiary alicyclic amines) is 1. The zero-order valence-corrected chi connectivity index (χ0v) is 14.9. The topological polar surface area (TPSA) is 48.9 Å². The molecule has 1 rings (SSSR count). The second-order valence-corrected chi connectivity index (χ2v) is 4.88. The van der Waals surface area contributed by atoms with Gasteiger partial charge in [0.05, 0.1) is 6.61 Å². The molecule has 0 bridgehead atoms. The Labute approximate surface area is 134 Å². The lowest BCUT2D eigenvalue weighted by molar-refractivity contribution is 0.178. The van der Waals surface area contributed by atoms with E-state index >= 15 is 0 Å². The first kappa shape index (κ1) is 18.9. The second kappa shape index (κ2) is 10.7. The number of nitrogens with one attached hydrogen (secondary N) is 2. The van der Waals surface area contributed by atoms with Gasteiger partial charge in [-0.05, 0) is 32.9 Å². The lowest BCUT2D eigenvalue weighted by Gasteiger charge is -2.24. The van der Waals surface area contributed by atoms with Gasteiger partial charge in [0.25, 0.3) is 0 Å². The Bertz CT molecular complexity index is 263. The van der Waals surface area contributed by atoms with E-state index in [1.165, 1.54) is 19.4 Å². The molecule has 2 atom stereocenters. The molecule has 0 spiro atoms. The van der Waals surface area contributed by atoms with Gasteiger partial charge in [0.1, 0.15) is 0 Å². The Morgan fingerprint density at radius 1 is 1.53 bits per heavy atom. The molecule has 1 fully saturated rings. The van der Waals surface area contributed by atoms with Gasteiger partial charge in [-0.1, -0.05) is 6.92 Å². The highest BCUT2D eigenvalue weighted by Crippen LogP contribution is 2.15. The van der Waals surface area contributed by atoms with Crippen molar-refractivity contribution < 1.29 is 4.74 Å². The van der Waals surface area contributed by atoms with E-state index < -0.39 is 0 Å². The number of rotatable bonds is 6. The van der Waals surface area contributed by atoms with E-state index in [0.29, 0.717) is 12.6 Å². The van der Waals surface area contributed by atoms with Gasteiger partial charge in [-0.3, -0.25) is 9.89 Å². The summed E-state index contributed by atoms with van der Waals surface area (Å²) in [7, 11) is 3.52. The predicted octanol–water partition coefficient (Wildman–Crippen LogP) is 1.29. The Kier molecular flexibility index (Phi) is 10.6. The molecule has 2 unspecified atom stereocenters. The summed E-state index contributed by atoms with van der Waals surface area (Å²) in [5, 5.41) is 6.73. The smallest absolute Gasteiger partial charge is 0.191 e. The number of ether oxygens (including phenoxy) is 1. The molecule has 114 valence electrons. The summed E-state index contributed by atoms with van der Waals surface area (Å²) >= 11 is 0. The monoisotopic (exact) mass is 384 g/mol. The fourth-order valence-electron chi connectivity index (χ4n) is 2.48. The molecular formula is C13H29IN4O. The maximum Gasteiger partial charge on any atom is 0.191 e. The largest absolute Gasteiger partial charge is 0.383 e. The zero-order valence-electron chi connectivity index (χ0n) is 12.6. The van der Waals surface area contributed by atoms with Gasteiger partial charge < -0.3 is 15.4 Å². The van der Waals surface area contributed by atoms with E-state index in [-0.39, 0.29) is 30.0 Å². The van der Waals surface area contributed by atoms with Crippen LogP contribution in [0.4, 0.5) is 0 Å². The number of halogens is 1. The summed E-state index contributed by atoms with van der Waals surface area (Å²) in [6, 6.07) is 0.915. The zero-order chi connectivity index (χ0) is 13.4. The molecule has 0 radical (unpaired) electrons. The average Bonchev–Trinajstić information content (AvgIpc) is 2.82. The standard InChI is InChI=1S/C13H28N4O.HI/c1-5-17-8-6-7-12(17)9-15-13(14-3)16-11(2)10-18-4;/h11-12H,5-10H2,1-4H3,(H2,14,15,16);1H. The average molecular weight is 384 g/mol. The molecule has 0 amide bonds. The molecule has 0 aromatic heterocycles. The fraction of sp³-hybridized carbons (Fsp3) is 0.923. The van der Waals surface area contributed by atoms with Crippen LogP contribution in [0.5, 0.6) is 0 Å². The van der Waals surface area contributed by atoms with Gasteiger partial charge in [0.2, 0.25) is 0 Å². The molecule has 19 heavy (non-hydrogen) atoms. The first-order valence-electron chi connectivity index (χ1n) is 6.91. The molecule has 1 saturated heterocycles. The van der Waals surface area contributed by atoms with Crippen molar-refractivity contribution >= 4 is 29.9 Å². The van der Waals surface area contributed by atoms with E-state index in [9.17, 15) is 0 Å². The minimum atomic E-state index is 0. The summed E-state index contributed by atoms with van der Waals surface area (Å²) in [6.45, 7) is 8.34. The van der Waals surface area contributed by atoms with Crippen LogP contribution in [0.3, 0.4) is 0 Å². The van der Waals surface area contributed by atoms with Gasteiger partial charge in [0, 0.05) is 32.8 Å². The molecule has 0 aromatic rings. The van der Waals surface area contributed by atoms with Crippen LogP contribution in [-0.4, -0.2) is 63.3 Å². The van der Waals surface area contributed by atoms with Crippen LogP contribution in [0.15, 0.2) is 4.99 Å². The maximum absolute atomic E-state index is 5.11. The Morgan fingerprint density at radius 2 is 2.26 bits per heavy atom. The summed E-state index contributed by atoms with van der Waals surface area (Å²) in [5.74, 6) is 0.863. The molecule has 0 aromatic carbocycles. The van der Waals surface area contributed by atoms with E-state index in [2.05, 4.69) is 34.4 Å². The van der Waals surface area contributed by atoms with Crippen LogP contribution < -0.4 is 10.6 Å². The van der Waals surface area contributed by atoms with Crippen LogP contribution >= 0.6 is 24.0 Å². The molecule has 1 aliphatic rings. The number of likely N-dealkylation sites (N-methyl/N-ethyl adjacent to an activating group) is 1. The molecule has 1 heterocycles. The normalized spacial score (nSPS) is 21.9. The molecule has 1 aliphatic heterocycles. The molecular weight excluding hydrogens is 355 g/mol. The van der Waals surface area contributed by atoms with E-state index in [0.717, 1.165) is 19.0 Å². The van der Waals surface area contributed by atoms with Crippen molar-refractivity contribution in [3.05, 3.63) is 0 Å². The lowest BCUT2D eigenvalue weighted by Crippen LogP contribution is -2.48. The van der Waals surface area contributed by atoms with Crippen molar-refractivity contribution in [2.24, 2.45) is 4.99 Å². The number of guanidine groups is 1. The van der Waals surface area contributed by atoms with Crippen LogP contribution in [0, 0.1) is 0 Å². The van der Waals surface area contributed by atoms with E-state index in [1.807, 2.05) is 0 Å².